The molecule has 0 fully saturated rings. The zero-order chi connectivity index (χ0) is 17.4. The van der Waals surface area contributed by atoms with E-state index in [0.717, 1.165) is 31.0 Å². The van der Waals surface area contributed by atoms with Crippen LogP contribution in [0, 0.1) is 0 Å². The summed E-state index contributed by atoms with van der Waals surface area (Å²) in [6.45, 7) is 4.69. The molecular formula is C20H27N3O. The van der Waals surface area contributed by atoms with Crippen LogP contribution in [0.2, 0.25) is 0 Å². The van der Waals surface area contributed by atoms with Crippen molar-refractivity contribution in [2.75, 3.05) is 37.4 Å². The van der Waals surface area contributed by atoms with Gasteiger partial charge in [-0.25, -0.2) is 0 Å². The average molecular weight is 325 g/mol. The molecule has 0 atom stereocenters. The van der Waals surface area contributed by atoms with Crippen molar-refractivity contribution >= 4 is 17.3 Å². The van der Waals surface area contributed by atoms with Crippen LogP contribution in [0.4, 0.5) is 11.4 Å². The van der Waals surface area contributed by atoms with Gasteiger partial charge in [0.15, 0.2) is 0 Å². The van der Waals surface area contributed by atoms with E-state index in [1.165, 1.54) is 5.56 Å². The highest BCUT2D eigenvalue weighted by molar-refractivity contribution is 5.91. The van der Waals surface area contributed by atoms with Gasteiger partial charge in [0.25, 0.3) is 0 Å². The molecule has 0 aliphatic heterocycles. The second-order valence-corrected chi connectivity index (χ2v) is 6.09. The molecule has 2 aromatic rings. The van der Waals surface area contributed by atoms with Gasteiger partial charge in [0.1, 0.15) is 0 Å². The van der Waals surface area contributed by atoms with Gasteiger partial charge in [-0.05, 0) is 36.4 Å². The third kappa shape index (κ3) is 5.70. The summed E-state index contributed by atoms with van der Waals surface area (Å²) in [5.41, 5.74) is 3.24. The quantitative estimate of drug-likeness (QED) is 0.805. The first-order chi connectivity index (χ1) is 11.6. The predicted molar refractivity (Wildman–Crippen MR) is 101 cm³/mol. The van der Waals surface area contributed by atoms with Gasteiger partial charge >= 0.3 is 0 Å². The topological polar surface area (TPSA) is 35.6 Å². The number of nitrogens with zero attached hydrogens (tertiary/aromatic N) is 2. The Bertz CT molecular complexity index is 623. The van der Waals surface area contributed by atoms with Gasteiger partial charge in [-0.3, -0.25) is 9.69 Å². The fraction of sp³-hybridized carbons (Fsp3) is 0.350. The Morgan fingerprint density at radius 2 is 1.67 bits per heavy atom. The van der Waals surface area contributed by atoms with Crippen LogP contribution in [-0.4, -0.2) is 38.0 Å². The zero-order valence-electron chi connectivity index (χ0n) is 14.8. The lowest BCUT2D eigenvalue weighted by molar-refractivity contribution is -0.116. The fourth-order valence-corrected chi connectivity index (χ4v) is 2.52. The molecule has 0 aromatic heterocycles. The Balaban J connectivity index is 1.80. The van der Waals surface area contributed by atoms with Gasteiger partial charge < -0.3 is 10.2 Å². The third-order valence-electron chi connectivity index (χ3n) is 4.02. The number of rotatable bonds is 8. The molecule has 4 nitrogen and oxygen atoms in total. The molecule has 0 heterocycles. The monoisotopic (exact) mass is 325 g/mol. The molecule has 1 N–H and O–H groups in total. The molecule has 0 unspecified atom stereocenters. The molecule has 2 aromatic carbocycles. The number of carbonyl (C=O) groups is 1. The summed E-state index contributed by atoms with van der Waals surface area (Å²) < 4.78 is 0. The van der Waals surface area contributed by atoms with Gasteiger partial charge in [0, 0.05) is 45.0 Å². The molecule has 128 valence electrons. The molecule has 24 heavy (non-hydrogen) atoms. The first-order valence-corrected chi connectivity index (χ1v) is 8.42. The normalized spacial score (nSPS) is 10.7. The summed E-state index contributed by atoms with van der Waals surface area (Å²) >= 11 is 0. The molecule has 2 rings (SSSR count). The largest absolute Gasteiger partial charge is 0.378 e. The van der Waals surface area contributed by atoms with E-state index in [9.17, 15) is 4.79 Å². The van der Waals surface area contributed by atoms with E-state index >= 15 is 0 Å². The lowest BCUT2D eigenvalue weighted by Gasteiger charge is -2.20. The molecule has 0 bridgehead atoms. The summed E-state index contributed by atoms with van der Waals surface area (Å²) in [4.78, 5) is 16.5. The van der Waals surface area contributed by atoms with Crippen molar-refractivity contribution in [3.05, 3.63) is 60.2 Å². The van der Waals surface area contributed by atoms with E-state index < -0.39 is 0 Å². The molecule has 0 saturated heterocycles. The molecule has 4 heteroatoms. The highest BCUT2D eigenvalue weighted by Gasteiger charge is 2.08. The fourth-order valence-electron chi connectivity index (χ4n) is 2.52. The molecule has 0 spiro atoms. The molecule has 1 amide bonds. The Morgan fingerprint density at radius 1 is 1.00 bits per heavy atom. The van der Waals surface area contributed by atoms with Gasteiger partial charge in [-0.2, -0.15) is 0 Å². The molecular weight excluding hydrogens is 298 g/mol. The van der Waals surface area contributed by atoms with E-state index in [4.69, 9.17) is 0 Å². The van der Waals surface area contributed by atoms with Crippen LogP contribution in [0.5, 0.6) is 0 Å². The van der Waals surface area contributed by atoms with Crippen molar-refractivity contribution in [3.8, 4) is 0 Å². The number of hydrogen-bond donors (Lipinski definition) is 1. The van der Waals surface area contributed by atoms with Crippen molar-refractivity contribution in [2.24, 2.45) is 0 Å². The second kappa shape index (κ2) is 9.08. The molecule has 0 saturated carbocycles. The summed E-state index contributed by atoms with van der Waals surface area (Å²) in [6.07, 6.45) is 0.496. The van der Waals surface area contributed by atoms with E-state index in [0.29, 0.717) is 6.42 Å². The van der Waals surface area contributed by atoms with Gasteiger partial charge in [-0.1, -0.05) is 37.3 Å². The number of carbonyl (C=O) groups excluding carboxylic acids is 1. The first-order valence-electron chi connectivity index (χ1n) is 8.42. The third-order valence-corrected chi connectivity index (χ3v) is 4.02. The lowest BCUT2D eigenvalue weighted by Crippen LogP contribution is -2.27. The van der Waals surface area contributed by atoms with Crippen molar-refractivity contribution in [3.63, 3.8) is 0 Å². The van der Waals surface area contributed by atoms with Gasteiger partial charge in [0.05, 0.1) is 0 Å². The Hall–Kier alpha value is -2.33. The smallest absolute Gasteiger partial charge is 0.225 e. The summed E-state index contributed by atoms with van der Waals surface area (Å²) in [5.74, 6) is 0.0547. The Morgan fingerprint density at radius 3 is 2.25 bits per heavy atom. The standard InChI is InChI=1S/C20H27N3O/c1-4-23(16-17-8-6-5-7-9-17)15-14-20(24)21-18-10-12-19(13-11-18)22(2)3/h5-13H,4,14-16H2,1-3H3,(H,21,24). The maximum Gasteiger partial charge on any atom is 0.225 e. The zero-order valence-corrected chi connectivity index (χ0v) is 14.8. The van der Waals surface area contributed by atoms with Crippen LogP contribution in [0.3, 0.4) is 0 Å². The van der Waals surface area contributed by atoms with Crippen molar-refractivity contribution in [1.29, 1.82) is 0 Å². The predicted octanol–water partition coefficient (Wildman–Crippen LogP) is 3.60. The number of anilines is 2. The molecule has 0 aliphatic rings. The summed E-state index contributed by atoms with van der Waals surface area (Å²) in [6, 6.07) is 18.2. The summed E-state index contributed by atoms with van der Waals surface area (Å²) in [5, 5.41) is 2.97. The maximum atomic E-state index is 12.2. The van der Waals surface area contributed by atoms with Crippen LogP contribution in [0.15, 0.2) is 54.6 Å². The van der Waals surface area contributed by atoms with Crippen molar-refractivity contribution in [1.82, 2.24) is 4.90 Å². The SMILES string of the molecule is CCN(CCC(=O)Nc1ccc(N(C)C)cc1)Cc1ccccc1. The minimum Gasteiger partial charge on any atom is -0.378 e. The number of hydrogen-bond acceptors (Lipinski definition) is 3. The van der Waals surface area contributed by atoms with Crippen molar-refractivity contribution in [2.45, 2.75) is 19.9 Å². The average Bonchev–Trinajstić information content (AvgIpc) is 2.60. The second-order valence-electron chi connectivity index (χ2n) is 6.09. The van der Waals surface area contributed by atoms with Crippen LogP contribution >= 0.6 is 0 Å². The maximum absolute atomic E-state index is 12.2. The number of benzene rings is 2. The Kier molecular flexibility index (Phi) is 6.82. The Labute approximate surface area is 145 Å². The van der Waals surface area contributed by atoms with Crippen molar-refractivity contribution < 1.29 is 4.79 Å². The lowest BCUT2D eigenvalue weighted by atomic mass is 10.2. The summed E-state index contributed by atoms with van der Waals surface area (Å²) in [7, 11) is 4.00. The number of amides is 1. The van der Waals surface area contributed by atoms with Crippen LogP contribution in [-0.2, 0) is 11.3 Å². The van der Waals surface area contributed by atoms with Gasteiger partial charge in [-0.15, -0.1) is 0 Å². The van der Waals surface area contributed by atoms with Crippen LogP contribution in [0.25, 0.3) is 0 Å². The van der Waals surface area contributed by atoms with E-state index in [1.807, 2.05) is 61.5 Å². The van der Waals surface area contributed by atoms with E-state index in [-0.39, 0.29) is 5.91 Å². The highest BCUT2D eigenvalue weighted by Crippen LogP contribution is 2.15. The minimum absolute atomic E-state index is 0.0547. The van der Waals surface area contributed by atoms with E-state index in [1.54, 1.807) is 0 Å². The molecule has 0 aliphatic carbocycles. The van der Waals surface area contributed by atoms with Crippen LogP contribution in [0.1, 0.15) is 18.9 Å². The first kappa shape index (κ1) is 18.0. The van der Waals surface area contributed by atoms with Crippen LogP contribution < -0.4 is 10.2 Å². The minimum atomic E-state index is 0.0547. The van der Waals surface area contributed by atoms with E-state index in [2.05, 4.69) is 29.3 Å². The molecule has 0 radical (unpaired) electrons. The highest BCUT2D eigenvalue weighted by atomic mass is 16.1. The number of nitrogens with one attached hydrogen (secondary N) is 1. The van der Waals surface area contributed by atoms with Gasteiger partial charge in [0.2, 0.25) is 5.91 Å².